The van der Waals surface area contributed by atoms with Crippen molar-refractivity contribution in [3.8, 4) is 0 Å². The number of aliphatic hydroxyl groups is 1. The molecule has 0 radical (unpaired) electrons. The lowest BCUT2D eigenvalue weighted by molar-refractivity contribution is 0.191. The molecular formula is C4H11O3PS2. The van der Waals surface area contributed by atoms with Crippen LogP contribution in [0.15, 0.2) is 0 Å². The molecule has 1 aliphatic rings. The van der Waals surface area contributed by atoms with E-state index in [1.165, 1.54) is 0 Å². The van der Waals surface area contributed by atoms with E-state index in [1.807, 2.05) is 0 Å². The molecule has 0 atom stereocenters. The summed E-state index contributed by atoms with van der Waals surface area (Å²) in [7, 11) is 1.00. The summed E-state index contributed by atoms with van der Waals surface area (Å²) in [4.78, 5) is 0. The van der Waals surface area contributed by atoms with Crippen LogP contribution in [-0.2, 0) is 20.9 Å². The Morgan fingerprint density at radius 3 is 2.00 bits per heavy atom. The van der Waals surface area contributed by atoms with Gasteiger partial charge in [-0.05, 0) is 18.2 Å². The molecule has 10 heavy (non-hydrogen) atoms. The molecule has 0 spiro atoms. The van der Waals surface area contributed by atoms with Gasteiger partial charge in [-0.15, -0.1) is 0 Å². The summed E-state index contributed by atoms with van der Waals surface area (Å²) in [6, 6.07) is 0. The summed E-state index contributed by atoms with van der Waals surface area (Å²) in [5, 5.41) is 7.00. The Morgan fingerprint density at radius 2 is 1.80 bits per heavy atom. The van der Waals surface area contributed by atoms with Gasteiger partial charge in [0.25, 0.3) is 0 Å². The van der Waals surface area contributed by atoms with Crippen LogP contribution in [-0.4, -0.2) is 25.4 Å². The fourth-order valence-electron chi connectivity index (χ4n) is 0.456. The van der Waals surface area contributed by atoms with Crippen molar-refractivity contribution < 1.29 is 14.2 Å². The second-order valence-electron chi connectivity index (χ2n) is 1.49. The van der Waals surface area contributed by atoms with Crippen LogP contribution in [0, 0.1) is 0 Å². The first kappa shape index (κ1) is 10.9. The van der Waals surface area contributed by atoms with Gasteiger partial charge in [0.2, 0.25) is 5.69 Å². The maximum atomic E-state index is 7.00. The first-order chi connectivity index (χ1) is 4.71. The van der Waals surface area contributed by atoms with Crippen LogP contribution in [0.1, 0.15) is 6.42 Å². The van der Waals surface area contributed by atoms with Crippen molar-refractivity contribution >= 4 is 29.7 Å². The molecule has 1 N–H and O–H groups in total. The first-order valence-corrected chi connectivity index (χ1v) is 6.56. The van der Waals surface area contributed by atoms with Crippen molar-refractivity contribution in [2.75, 3.05) is 20.3 Å². The topological polar surface area (TPSA) is 38.7 Å². The van der Waals surface area contributed by atoms with Crippen molar-refractivity contribution in [3.63, 3.8) is 0 Å². The molecule has 6 heteroatoms. The fourth-order valence-corrected chi connectivity index (χ4v) is 2.19. The van der Waals surface area contributed by atoms with Gasteiger partial charge in [-0.3, -0.25) is 0 Å². The van der Waals surface area contributed by atoms with Crippen LogP contribution in [0.4, 0.5) is 0 Å². The van der Waals surface area contributed by atoms with E-state index in [9.17, 15) is 0 Å². The summed E-state index contributed by atoms with van der Waals surface area (Å²) in [6.45, 7) is 1.42. The minimum atomic E-state index is -2.06. The number of hydrogen-bond acceptors (Lipinski definition) is 4. The number of aliphatic hydroxyl groups excluding tert-OH is 1. The minimum Gasteiger partial charge on any atom is -0.400 e. The Bertz CT molecular complexity index is 120. The molecule has 1 saturated heterocycles. The SMILES string of the molecule is CO.S=P1(S)OCCCO1. The second-order valence-corrected chi connectivity index (χ2v) is 6.78. The maximum absolute atomic E-state index is 7.00. The van der Waals surface area contributed by atoms with Gasteiger partial charge in [-0.1, -0.05) is 12.2 Å². The molecule has 1 heterocycles. The van der Waals surface area contributed by atoms with Crippen molar-refractivity contribution in [3.05, 3.63) is 0 Å². The van der Waals surface area contributed by atoms with Gasteiger partial charge in [0, 0.05) is 7.11 Å². The minimum absolute atomic E-state index is 0.709. The normalized spacial score (nSPS) is 22.7. The lowest BCUT2D eigenvalue weighted by atomic mass is 10.5. The van der Waals surface area contributed by atoms with Crippen molar-refractivity contribution in [1.29, 1.82) is 0 Å². The second kappa shape index (κ2) is 5.52. The summed E-state index contributed by atoms with van der Waals surface area (Å²) < 4.78 is 10.1. The average molecular weight is 202 g/mol. The summed E-state index contributed by atoms with van der Waals surface area (Å²) in [6.07, 6.45) is 0.943. The highest BCUT2D eigenvalue weighted by molar-refractivity contribution is 8.60. The van der Waals surface area contributed by atoms with Gasteiger partial charge in [0.05, 0.1) is 13.2 Å². The lowest BCUT2D eigenvalue weighted by Gasteiger charge is -2.20. The van der Waals surface area contributed by atoms with E-state index >= 15 is 0 Å². The predicted molar refractivity (Wildman–Crippen MR) is 47.9 cm³/mol. The zero-order valence-corrected chi connectivity index (χ0v) is 8.29. The lowest BCUT2D eigenvalue weighted by Crippen LogP contribution is -2.04. The molecule has 1 rings (SSSR count). The highest BCUT2D eigenvalue weighted by atomic mass is 32.9. The molecule has 0 aromatic carbocycles. The van der Waals surface area contributed by atoms with Crippen LogP contribution < -0.4 is 0 Å². The van der Waals surface area contributed by atoms with E-state index in [-0.39, 0.29) is 0 Å². The highest BCUT2D eigenvalue weighted by Gasteiger charge is 2.16. The highest BCUT2D eigenvalue weighted by Crippen LogP contribution is 2.55. The van der Waals surface area contributed by atoms with E-state index in [4.69, 9.17) is 26.0 Å². The molecule has 62 valence electrons. The predicted octanol–water partition coefficient (Wildman–Crippen LogP) is 1.19. The van der Waals surface area contributed by atoms with Crippen LogP contribution in [0.3, 0.4) is 0 Å². The Labute approximate surface area is 71.1 Å². The van der Waals surface area contributed by atoms with Crippen molar-refractivity contribution in [2.24, 2.45) is 0 Å². The smallest absolute Gasteiger partial charge is 0.244 e. The van der Waals surface area contributed by atoms with Gasteiger partial charge >= 0.3 is 0 Å². The molecular weight excluding hydrogens is 191 g/mol. The third-order valence-corrected chi connectivity index (χ3v) is 3.14. The van der Waals surface area contributed by atoms with Gasteiger partial charge in [-0.2, -0.15) is 0 Å². The van der Waals surface area contributed by atoms with Crippen molar-refractivity contribution in [2.45, 2.75) is 6.42 Å². The largest absolute Gasteiger partial charge is 0.400 e. The van der Waals surface area contributed by atoms with Gasteiger partial charge in [-0.25, -0.2) is 0 Å². The monoisotopic (exact) mass is 202 g/mol. The molecule has 0 aromatic rings. The van der Waals surface area contributed by atoms with Gasteiger partial charge in [0.15, 0.2) is 0 Å². The number of thiol groups is 1. The standard InChI is InChI=1S/C3H7O2PS2.CH4O/c7-6(8)4-2-1-3-5-6;1-2/h1-3H2,(H,7,8);2H,1H3. The molecule has 0 unspecified atom stereocenters. The Balaban J connectivity index is 0.000000371. The molecule has 1 aliphatic heterocycles. The molecule has 1 fully saturated rings. The third kappa shape index (κ3) is 4.66. The zero-order valence-electron chi connectivity index (χ0n) is 5.69. The summed E-state index contributed by atoms with van der Waals surface area (Å²) in [5.74, 6) is 0. The molecule has 0 aliphatic carbocycles. The number of hydrogen-bond donors (Lipinski definition) is 2. The van der Waals surface area contributed by atoms with E-state index < -0.39 is 5.69 Å². The molecule has 0 amide bonds. The van der Waals surface area contributed by atoms with Crippen LogP contribution in [0.5, 0.6) is 0 Å². The third-order valence-electron chi connectivity index (χ3n) is 0.798. The maximum Gasteiger partial charge on any atom is 0.244 e. The van der Waals surface area contributed by atoms with E-state index in [0.717, 1.165) is 13.5 Å². The summed E-state index contributed by atoms with van der Waals surface area (Å²) >= 11 is 8.83. The quantitative estimate of drug-likeness (QED) is 0.457. The molecule has 0 aromatic heterocycles. The van der Waals surface area contributed by atoms with Crippen LogP contribution in [0.25, 0.3) is 0 Å². The average Bonchev–Trinajstić information content (AvgIpc) is 1.92. The first-order valence-electron chi connectivity index (χ1n) is 2.77. The van der Waals surface area contributed by atoms with E-state index in [1.54, 1.807) is 0 Å². The number of rotatable bonds is 0. The Morgan fingerprint density at radius 1 is 1.40 bits per heavy atom. The van der Waals surface area contributed by atoms with Crippen LogP contribution >= 0.6 is 17.9 Å². The fraction of sp³-hybridized carbons (Fsp3) is 1.00. The Kier molecular flexibility index (Phi) is 6.01. The molecule has 0 bridgehead atoms. The van der Waals surface area contributed by atoms with Gasteiger partial charge < -0.3 is 14.2 Å². The Hall–Kier alpha value is 0.880. The molecule has 3 nitrogen and oxygen atoms in total. The summed E-state index contributed by atoms with van der Waals surface area (Å²) in [5.41, 5.74) is -2.06. The van der Waals surface area contributed by atoms with Crippen LogP contribution in [0.2, 0.25) is 0 Å². The van der Waals surface area contributed by atoms with Crippen molar-refractivity contribution in [1.82, 2.24) is 0 Å². The molecule has 0 saturated carbocycles. The van der Waals surface area contributed by atoms with Gasteiger partial charge in [0.1, 0.15) is 0 Å². The van der Waals surface area contributed by atoms with E-state index in [2.05, 4.69) is 12.2 Å². The van der Waals surface area contributed by atoms with E-state index in [0.29, 0.717) is 13.2 Å². The zero-order chi connectivity index (χ0) is 8.04.